The molecule has 0 bridgehead atoms. The van der Waals surface area contributed by atoms with Crippen LogP contribution in [-0.4, -0.2) is 22.1 Å². The van der Waals surface area contributed by atoms with Gasteiger partial charge < -0.3 is 9.30 Å². The zero-order valence-corrected chi connectivity index (χ0v) is 10.9. The summed E-state index contributed by atoms with van der Waals surface area (Å²) in [6.07, 6.45) is 6.96. The summed E-state index contributed by atoms with van der Waals surface area (Å²) in [6, 6.07) is 1.89. The number of Topliss-reactive ketones (excluding diaryl/α,β-unsaturated/α-hetero) is 1. The summed E-state index contributed by atoms with van der Waals surface area (Å²) in [5, 5.41) is 0. The summed E-state index contributed by atoms with van der Waals surface area (Å²) in [5.41, 5.74) is 0.824. The summed E-state index contributed by atoms with van der Waals surface area (Å²) in [4.78, 5) is 11.5. The van der Waals surface area contributed by atoms with Gasteiger partial charge in [-0.1, -0.05) is 6.92 Å². The summed E-state index contributed by atoms with van der Waals surface area (Å²) < 4.78 is 8.01. The third-order valence-electron chi connectivity index (χ3n) is 3.36. The number of ketones is 1. The fourth-order valence-electron chi connectivity index (χ4n) is 2.36. The number of hydrogen-bond acceptors (Lipinski definition) is 2. The van der Waals surface area contributed by atoms with Crippen molar-refractivity contribution in [3.63, 3.8) is 0 Å². The van der Waals surface area contributed by atoms with Crippen LogP contribution in [-0.2, 0) is 11.3 Å². The number of rotatable bonds is 4. The van der Waals surface area contributed by atoms with Gasteiger partial charge in [0.05, 0.1) is 11.7 Å². The molecule has 1 fully saturated rings. The number of carbonyl (C=O) groups excluding carboxylic acids is 1. The molecule has 1 unspecified atom stereocenters. The molecule has 0 radical (unpaired) electrons. The average Bonchev–Trinajstić information content (AvgIpc) is 2.85. The molecule has 3 nitrogen and oxygen atoms in total. The molecule has 0 spiro atoms. The Balaban J connectivity index is 1.96. The van der Waals surface area contributed by atoms with Crippen molar-refractivity contribution in [2.75, 3.05) is 0 Å². The van der Waals surface area contributed by atoms with Crippen LogP contribution < -0.4 is 0 Å². The van der Waals surface area contributed by atoms with Crippen LogP contribution in [0, 0.1) is 0 Å². The molecule has 1 aromatic rings. The van der Waals surface area contributed by atoms with Crippen molar-refractivity contribution >= 4 is 5.78 Å². The normalized spacial score (nSPS) is 22.9. The first-order chi connectivity index (χ1) is 8.00. The number of nitrogens with zero attached hydrogens (tertiary/aromatic N) is 1. The minimum absolute atomic E-state index is 0.0138. The van der Waals surface area contributed by atoms with Gasteiger partial charge in [0.25, 0.3) is 0 Å². The largest absolute Gasteiger partial charge is 0.370 e. The smallest absolute Gasteiger partial charge is 0.164 e. The van der Waals surface area contributed by atoms with Gasteiger partial charge in [0.15, 0.2) is 5.78 Å². The van der Waals surface area contributed by atoms with E-state index in [1.54, 1.807) is 0 Å². The van der Waals surface area contributed by atoms with Crippen molar-refractivity contribution in [3.8, 4) is 0 Å². The van der Waals surface area contributed by atoms with Gasteiger partial charge in [0.2, 0.25) is 0 Å². The molecule has 2 heterocycles. The van der Waals surface area contributed by atoms with Gasteiger partial charge >= 0.3 is 0 Å². The van der Waals surface area contributed by atoms with Gasteiger partial charge in [-0.25, -0.2) is 0 Å². The molecule has 1 aliphatic heterocycles. The number of carbonyl (C=O) groups is 1. The van der Waals surface area contributed by atoms with E-state index in [2.05, 4.69) is 18.4 Å². The molecule has 0 saturated carbocycles. The summed E-state index contributed by atoms with van der Waals surface area (Å²) in [6.45, 7) is 7.01. The Morgan fingerprint density at radius 1 is 1.59 bits per heavy atom. The molecule has 0 aromatic carbocycles. The first-order valence-electron chi connectivity index (χ1n) is 6.37. The monoisotopic (exact) mass is 235 g/mol. The molecule has 0 aliphatic carbocycles. The van der Waals surface area contributed by atoms with Crippen molar-refractivity contribution in [3.05, 3.63) is 24.0 Å². The van der Waals surface area contributed by atoms with Crippen LogP contribution in [0.25, 0.3) is 0 Å². The van der Waals surface area contributed by atoms with Crippen LogP contribution in [0.1, 0.15) is 50.4 Å². The van der Waals surface area contributed by atoms with Crippen molar-refractivity contribution in [1.82, 2.24) is 4.57 Å². The molecular weight excluding hydrogens is 214 g/mol. The lowest BCUT2D eigenvalue weighted by atomic mass is 10.1. The molecule has 0 N–H and O–H groups in total. The Morgan fingerprint density at radius 2 is 2.35 bits per heavy atom. The van der Waals surface area contributed by atoms with Crippen LogP contribution in [0.2, 0.25) is 0 Å². The highest BCUT2D eigenvalue weighted by molar-refractivity contribution is 5.95. The molecule has 0 amide bonds. The number of hydrogen-bond donors (Lipinski definition) is 0. The minimum Gasteiger partial charge on any atom is -0.370 e. The topological polar surface area (TPSA) is 31.2 Å². The Kier molecular flexibility index (Phi) is 3.38. The zero-order chi connectivity index (χ0) is 12.5. The van der Waals surface area contributed by atoms with E-state index in [0.717, 1.165) is 24.9 Å². The van der Waals surface area contributed by atoms with Crippen LogP contribution in [0.5, 0.6) is 0 Å². The van der Waals surface area contributed by atoms with Gasteiger partial charge in [-0.2, -0.15) is 0 Å². The van der Waals surface area contributed by atoms with E-state index in [-0.39, 0.29) is 17.5 Å². The van der Waals surface area contributed by atoms with Crippen LogP contribution in [0.3, 0.4) is 0 Å². The molecular formula is C14H21NO2. The Morgan fingerprint density at radius 3 is 2.94 bits per heavy atom. The lowest BCUT2D eigenvalue weighted by Gasteiger charge is -2.19. The van der Waals surface area contributed by atoms with E-state index < -0.39 is 0 Å². The molecule has 17 heavy (non-hydrogen) atoms. The van der Waals surface area contributed by atoms with Gasteiger partial charge in [-0.05, 0) is 32.8 Å². The van der Waals surface area contributed by atoms with E-state index in [4.69, 9.17) is 4.74 Å². The molecule has 2 rings (SSSR count). The van der Waals surface area contributed by atoms with E-state index in [9.17, 15) is 4.79 Å². The fraction of sp³-hybridized carbons (Fsp3) is 0.643. The number of ether oxygens (including phenoxy) is 1. The quantitative estimate of drug-likeness (QED) is 0.751. The van der Waals surface area contributed by atoms with Gasteiger partial charge in [-0.15, -0.1) is 0 Å². The SMILES string of the molecule is CCC(=O)c1ccn(CC2CCC(C)(C)O2)c1. The van der Waals surface area contributed by atoms with Gasteiger partial charge in [0.1, 0.15) is 0 Å². The molecule has 1 saturated heterocycles. The lowest BCUT2D eigenvalue weighted by molar-refractivity contribution is -0.0216. The van der Waals surface area contributed by atoms with E-state index in [1.807, 2.05) is 25.4 Å². The van der Waals surface area contributed by atoms with Gasteiger partial charge in [0, 0.05) is 30.9 Å². The van der Waals surface area contributed by atoms with Crippen molar-refractivity contribution in [1.29, 1.82) is 0 Å². The average molecular weight is 235 g/mol. The third kappa shape index (κ3) is 2.97. The molecule has 3 heteroatoms. The highest BCUT2D eigenvalue weighted by Crippen LogP contribution is 2.30. The first kappa shape index (κ1) is 12.4. The second-order valence-electron chi connectivity index (χ2n) is 5.41. The highest BCUT2D eigenvalue weighted by atomic mass is 16.5. The maximum Gasteiger partial charge on any atom is 0.164 e. The van der Waals surface area contributed by atoms with Gasteiger partial charge in [-0.3, -0.25) is 4.79 Å². The summed E-state index contributed by atoms with van der Waals surface area (Å²) in [7, 11) is 0. The van der Waals surface area contributed by atoms with Crippen LogP contribution >= 0.6 is 0 Å². The van der Waals surface area contributed by atoms with Crippen molar-refractivity contribution in [2.45, 2.75) is 58.3 Å². The molecule has 1 aromatic heterocycles. The standard InChI is InChI=1S/C14H21NO2/c1-4-13(16)11-6-8-15(9-11)10-12-5-7-14(2,3)17-12/h6,8-9,12H,4-5,7,10H2,1-3H3. The first-order valence-corrected chi connectivity index (χ1v) is 6.37. The fourth-order valence-corrected chi connectivity index (χ4v) is 2.36. The zero-order valence-electron chi connectivity index (χ0n) is 10.9. The van der Waals surface area contributed by atoms with Crippen LogP contribution in [0.15, 0.2) is 18.5 Å². The maximum atomic E-state index is 11.5. The van der Waals surface area contributed by atoms with E-state index >= 15 is 0 Å². The van der Waals surface area contributed by atoms with Crippen molar-refractivity contribution < 1.29 is 9.53 Å². The molecule has 94 valence electrons. The Labute approximate surface area is 103 Å². The number of aromatic nitrogens is 1. The molecule has 1 aliphatic rings. The maximum absolute atomic E-state index is 11.5. The van der Waals surface area contributed by atoms with E-state index in [0.29, 0.717) is 6.42 Å². The Bertz CT molecular complexity index is 406. The van der Waals surface area contributed by atoms with Crippen molar-refractivity contribution in [2.24, 2.45) is 0 Å². The van der Waals surface area contributed by atoms with Crippen LogP contribution in [0.4, 0.5) is 0 Å². The Hall–Kier alpha value is -1.09. The predicted octanol–water partition coefficient (Wildman–Crippen LogP) is 3.04. The third-order valence-corrected chi connectivity index (χ3v) is 3.36. The molecule has 1 atom stereocenters. The summed E-state index contributed by atoms with van der Waals surface area (Å²) in [5.74, 6) is 0.205. The predicted molar refractivity (Wildman–Crippen MR) is 67.2 cm³/mol. The van der Waals surface area contributed by atoms with E-state index in [1.165, 1.54) is 0 Å². The minimum atomic E-state index is 0.0138. The second-order valence-corrected chi connectivity index (χ2v) is 5.41. The summed E-state index contributed by atoms with van der Waals surface area (Å²) >= 11 is 0. The highest BCUT2D eigenvalue weighted by Gasteiger charge is 2.31. The lowest BCUT2D eigenvalue weighted by Crippen LogP contribution is -2.22. The second kappa shape index (κ2) is 4.65.